The molecule has 0 aromatic heterocycles. The van der Waals surface area contributed by atoms with E-state index in [1.54, 1.807) is 0 Å². The highest BCUT2D eigenvalue weighted by Crippen LogP contribution is 2.23. The van der Waals surface area contributed by atoms with E-state index in [-0.39, 0.29) is 5.60 Å². The third-order valence-corrected chi connectivity index (χ3v) is 3.72. The van der Waals surface area contributed by atoms with E-state index in [2.05, 4.69) is 35.6 Å². The number of methoxy groups -OCH3 is 1. The summed E-state index contributed by atoms with van der Waals surface area (Å²) in [7, 11) is 1.81. The number of benzene rings is 1. The van der Waals surface area contributed by atoms with Crippen molar-refractivity contribution in [3.8, 4) is 0 Å². The average Bonchev–Trinajstić information content (AvgIpc) is 2.46. The van der Waals surface area contributed by atoms with E-state index in [9.17, 15) is 0 Å². The number of rotatable bonds is 6. The fraction of sp³-hybridized carbons (Fsp3) is 0.600. The molecule has 2 rings (SSSR count). The van der Waals surface area contributed by atoms with Gasteiger partial charge < -0.3 is 14.8 Å². The lowest BCUT2D eigenvalue weighted by Crippen LogP contribution is -2.47. The van der Waals surface area contributed by atoms with E-state index in [0.717, 1.165) is 45.6 Å². The minimum absolute atomic E-state index is 0.0189. The van der Waals surface area contributed by atoms with Gasteiger partial charge in [0.15, 0.2) is 0 Å². The smallest absolute Gasteiger partial charge is 0.0846 e. The first-order chi connectivity index (χ1) is 8.85. The molecule has 1 aliphatic heterocycles. The second kappa shape index (κ2) is 6.88. The SMILES string of the molecule is COC1(CNCCc2ccccc2)CCOCC1. The largest absolute Gasteiger partial charge is 0.381 e. The molecule has 0 aliphatic carbocycles. The Bertz CT molecular complexity index is 334. The van der Waals surface area contributed by atoms with Crippen LogP contribution < -0.4 is 5.32 Å². The number of ether oxygens (including phenoxy) is 2. The Hall–Kier alpha value is -0.900. The molecule has 0 saturated carbocycles. The molecule has 3 heteroatoms. The van der Waals surface area contributed by atoms with Gasteiger partial charge in [0.2, 0.25) is 0 Å². The van der Waals surface area contributed by atoms with E-state index in [1.165, 1.54) is 5.56 Å². The van der Waals surface area contributed by atoms with Crippen LogP contribution in [0.1, 0.15) is 18.4 Å². The Kier molecular flexibility index (Phi) is 5.17. The van der Waals surface area contributed by atoms with Gasteiger partial charge in [0.25, 0.3) is 0 Å². The molecule has 1 aliphatic rings. The summed E-state index contributed by atoms with van der Waals surface area (Å²) < 4.78 is 11.1. The summed E-state index contributed by atoms with van der Waals surface area (Å²) in [6.07, 6.45) is 3.04. The van der Waals surface area contributed by atoms with Crippen molar-refractivity contribution < 1.29 is 9.47 Å². The van der Waals surface area contributed by atoms with Crippen LogP contribution in [-0.4, -0.2) is 39.0 Å². The first kappa shape index (κ1) is 13.5. The lowest BCUT2D eigenvalue weighted by atomic mass is 9.94. The van der Waals surface area contributed by atoms with Gasteiger partial charge in [-0.05, 0) is 18.5 Å². The van der Waals surface area contributed by atoms with Crippen molar-refractivity contribution in [3.63, 3.8) is 0 Å². The Balaban J connectivity index is 1.71. The topological polar surface area (TPSA) is 30.5 Å². The predicted molar refractivity (Wildman–Crippen MR) is 72.8 cm³/mol. The zero-order valence-electron chi connectivity index (χ0n) is 11.2. The Morgan fingerprint density at radius 3 is 2.61 bits per heavy atom. The average molecular weight is 249 g/mol. The molecular weight excluding hydrogens is 226 g/mol. The normalized spacial score (nSPS) is 18.7. The molecule has 0 bridgehead atoms. The summed E-state index contributed by atoms with van der Waals surface area (Å²) in [5, 5.41) is 3.51. The van der Waals surface area contributed by atoms with Crippen LogP contribution in [0.25, 0.3) is 0 Å². The highest BCUT2D eigenvalue weighted by molar-refractivity contribution is 5.14. The maximum absolute atomic E-state index is 5.69. The monoisotopic (exact) mass is 249 g/mol. The molecular formula is C15H23NO2. The second-order valence-electron chi connectivity index (χ2n) is 4.91. The molecule has 0 spiro atoms. The molecule has 1 heterocycles. The zero-order chi connectivity index (χ0) is 12.7. The molecule has 18 heavy (non-hydrogen) atoms. The van der Waals surface area contributed by atoms with E-state index < -0.39 is 0 Å². The summed E-state index contributed by atoms with van der Waals surface area (Å²) in [5.74, 6) is 0. The van der Waals surface area contributed by atoms with Gasteiger partial charge in [-0.2, -0.15) is 0 Å². The fourth-order valence-electron chi connectivity index (χ4n) is 2.39. The van der Waals surface area contributed by atoms with E-state index in [1.807, 2.05) is 7.11 Å². The van der Waals surface area contributed by atoms with Crippen LogP contribution in [0.5, 0.6) is 0 Å². The third-order valence-electron chi connectivity index (χ3n) is 3.72. The van der Waals surface area contributed by atoms with E-state index in [0.29, 0.717) is 0 Å². The van der Waals surface area contributed by atoms with Gasteiger partial charge in [0.05, 0.1) is 5.60 Å². The molecule has 0 atom stereocenters. The molecule has 1 saturated heterocycles. The van der Waals surface area contributed by atoms with Gasteiger partial charge in [-0.15, -0.1) is 0 Å². The van der Waals surface area contributed by atoms with Gasteiger partial charge in [-0.25, -0.2) is 0 Å². The van der Waals surface area contributed by atoms with Gasteiger partial charge in [0.1, 0.15) is 0 Å². The molecule has 1 fully saturated rings. The number of nitrogens with one attached hydrogen (secondary N) is 1. The van der Waals surface area contributed by atoms with Gasteiger partial charge >= 0.3 is 0 Å². The number of hydrogen-bond acceptors (Lipinski definition) is 3. The van der Waals surface area contributed by atoms with Gasteiger partial charge in [-0.1, -0.05) is 30.3 Å². The van der Waals surface area contributed by atoms with Crippen molar-refractivity contribution in [1.82, 2.24) is 5.32 Å². The summed E-state index contributed by atoms with van der Waals surface area (Å²) in [5.41, 5.74) is 1.36. The standard InChI is InChI=1S/C15H23NO2/c1-17-15(8-11-18-12-9-15)13-16-10-7-14-5-3-2-4-6-14/h2-6,16H,7-13H2,1H3. The second-order valence-corrected chi connectivity index (χ2v) is 4.91. The van der Waals surface area contributed by atoms with Gasteiger partial charge in [0, 0.05) is 39.7 Å². The van der Waals surface area contributed by atoms with E-state index in [4.69, 9.17) is 9.47 Å². The molecule has 0 amide bonds. The third kappa shape index (κ3) is 3.80. The zero-order valence-corrected chi connectivity index (χ0v) is 11.2. The predicted octanol–water partition coefficient (Wildman–Crippen LogP) is 2.01. The van der Waals surface area contributed by atoms with E-state index >= 15 is 0 Å². The van der Waals surface area contributed by atoms with Crippen LogP contribution in [-0.2, 0) is 15.9 Å². The van der Waals surface area contributed by atoms with Crippen LogP contribution in [0.15, 0.2) is 30.3 Å². The summed E-state index contributed by atoms with van der Waals surface area (Å²) in [6, 6.07) is 10.6. The molecule has 0 unspecified atom stereocenters. The molecule has 1 N–H and O–H groups in total. The first-order valence-electron chi connectivity index (χ1n) is 6.72. The molecule has 100 valence electrons. The van der Waals surface area contributed by atoms with Crippen LogP contribution >= 0.6 is 0 Å². The quantitative estimate of drug-likeness (QED) is 0.782. The number of hydrogen-bond donors (Lipinski definition) is 1. The fourth-order valence-corrected chi connectivity index (χ4v) is 2.39. The maximum atomic E-state index is 5.69. The van der Waals surface area contributed by atoms with Crippen molar-refractivity contribution in [3.05, 3.63) is 35.9 Å². The van der Waals surface area contributed by atoms with Crippen LogP contribution in [0.4, 0.5) is 0 Å². The Morgan fingerprint density at radius 2 is 1.94 bits per heavy atom. The summed E-state index contributed by atoms with van der Waals surface area (Å²) in [4.78, 5) is 0. The van der Waals surface area contributed by atoms with Crippen molar-refractivity contribution >= 4 is 0 Å². The summed E-state index contributed by atoms with van der Waals surface area (Å²) >= 11 is 0. The van der Waals surface area contributed by atoms with Crippen molar-refractivity contribution in [2.24, 2.45) is 0 Å². The Morgan fingerprint density at radius 1 is 1.22 bits per heavy atom. The highest BCUT2D eigenvalue weighted by Gasteiger charge is 2.31. The van der Waals surface area contributed by atoms with Crippen molar-refractivity contribution in [2.75, 3.05) is 33.4 Å². The molecule has 1 aromatic rings. The maximum Gasteiger partial charge on any atom is 0.0846 e. The minimum Gasteiger partial charge on any atom is -0.381 e. The van der Waals surface area contributed by atoms with Crippen LogP contribution in [0, 0.1) is 0 Å². The summed E-state index contributed by atoms with van der Waals surface area (Å²) in [6.45, 7) is 3.54. The first-order valence-corrected chi connectivity index (χ1v) is 6.72. The lowest BCUT2D eigenvalue weighted by Gasteiger charge is -2.36. The highest BCUT2D eigenvalue weighted by atomic mass is 16.5. The molecule has 1 aromatic carbocycles. The van der Waals surface area contributed by atoms with Crippen LogP contribution in [0.2, 0.25) is 0 Å². The Labute approximate surface area is 109 Å². The minimum atomic E-state index is -0.0189. The molecule has 3 nitrogen and oxygen atoms in total. The van der Waals surface area contributed by atoms with Crippen molar-refractivity contribution in [2.45, 2.75) is 24.9 Å². The van der Waals surface area contributed by atoms with Crippen LogP contribution in [0.3, 0.4) is 0 Å². The molecule has 0 radical (unpaired) electrons. The van der Waals surface area contributed by atoms with Crippen molar-refractivity contribution in [1.29, 1.82) is 0 Å². The van der Waals surface area contributed by atoms with Gasteiger partial charge in [-0.3, -0.25) is 0 Å². The lowest BCUT2D eigenvalue weighted by molar-refractivity contribution is -0.0874.